The number of nitrogens with one attached hydrogen (secondary N) is 2. The highest BCUT2D eigenvalue weighted by atomic mass is 32.1. The van der Waals surface area contributed by atoms with Gasteiger partial charge in [-0.2, -0.15) is 5.10 Å². The molecule has 0 bridgehead atoms. The number of amides is 1. The highest BCUT2D eigenvalue weighted by Gasteiger charge is 2.13. The van der Waals surface area contributed by atoms with Gasteiger partial charge in [-0.05, 0) is 12.1 Å². The van der Waals surface area contributed by atoms with E-state index >= 15 is 0 Å². The van der Waals surface area contributed by atoms with Crippen LogP contribution in [-0.4, -0.2) is 37.2 Å². The molecule has 0 unspecified atom stereocenters. The Labute approximate surface area is 154 Å². The first-order valence-corrected chi connectivity index (χ1v) is 9.41. The lowest BCUT2D eigenvalue weighted by Gasteiger charge is -2.13. The van der Waals surface area contributed by atoms with Gasteiger partial charge in [-0.15, -0.1) is 11.3 Å². The first-order valence-electron chi connectivity index (χ1n) is 8.53. The topological polar surface area (TPSA) is 97.6 Å². The number of carbonyl (C=O) groups excluding carboxylic acids is 1. The molecular weight excluding hydrogens is 350 g/mol. The van der Waals surface area contributed by atoms with Crippen LogP contribution in [0.15, 0.2) is 29.9 Å². The predicted octanol–water partition coefficient (Wildman–Crippen LogP) is 1.15. The summed E-state index contributed by atoms with van der Waals surface area (Å²) in [5.41, 5.74) is 2.97. The summed E-state index contributed by atoms with van der Waals surface area (Å²) in [6.07, 6.45) is 4.44. The van der Waals surface area contributed by atoms with Crippen molar-refractivity contribution >= 4 is 17.2 Å². The van der Waals surface area contributed by atoms with Crippen LogP contribution in [0.1, 0.15) is 23.5 Å². The maximum atomic E-state index is 12.1. The normalized spacial score (nSPS) is 13.4. The summed E-state index contributed by atoms with van der Waals surface area (Å²) in [5.74, 6) is 0.605. The van der Waals surface area contributed by atoms with Gasteiger partial charge in [-0.3, -0.25) is 9.48 Å². The van der Waals surface area contributed by atoms with Crippen molar-refractivity contribution in [3.8, 4) is 10.8 Å². The molecule has 0 aromatic carbocycles. The number of rotatable bonds is 6. The monoisotopic (exact) mass is 369 g/mol. The minimum Gasteiger partial charge on any atom is -0.350 e. The summed E-state index contributed by atoms with van der Waals surface area (Å²) >= 11 is 1.47. The van der Waals surface area contributed by atoms with Crippen LogP contribution in [-0.2, 0) is 30.8 Å². The van der Waals surface area contributed by atoms with Gasteiger partial charge in [0.2, 0.25) is 5.91 Å². The van der Waals surface area contributed by atoms with Gasteiger partial charge in [0.05, 0.1) is 30.2 Å². The van der Waals surface area contributed by atoms with Gasteiger partial charge in [0, 0.05) is 43.7 Å². The number of carbonyl (C=O) groups is 1. The zero-order valence-electron chi connectivity index (χ0n) is 14.2. The molecule has 3 aromatic heterocycles. The van der Waals surface area contributed by atoms with E-state index in [1.807, 2.05) is 10.1 Å². The van der Waals surface area contributed by atoms with Gasteiger partial charge in [0.15, 0.2) is 10.8 Å². The number of thiazole rings is 1. The maximum Gasteiger partial charge on any atom is 0.220 e. The Kier molecular flexibility index (Phi) is 4.98. The fourth-order valence-electron chi connectivity index (χ4n) is 2.79. The number of nitrogens with zero attached hydrogens (tertiary/aromatic N) is 5. The van der Waals surface area contributed by atoms with Crippen LogP contribution in [0.4, 0.5) is 0 Å². The van der Waals surface area contributed by atoms with Crippen LogP contribution >= 0.6 is 11.3 Å². The lowest BCUT2D eigenvalue weighted by molar-refractivity contribution is -0.121. The molecule has 1 aliphatic rings. The molecule has 2 N–H and O–H groups in total. The number of hydrogen-bond acceptors (Lipinski definition) is 7. The Morgan fingerprint density at radius 3 is 3.04 bits per heavy atom. The molecule has 0 spiro atoms. The van der Waals surface area contributed by atoms with E-state index in [9.17, 15) is 4.79 Å². The molecule has 1 amide bonds. The first-order chi connectivity index (χ1) is 12.8. The van der Waals surface area contributed by atoms with Crippen LogP contribution in [0, 0.1) is 0 Å². The molecule has 0 saturated heterocycles. The molecule has 0 atom stereocenters. The molecule has 134 valence electrons. The molecule has 8 nitrogen and oxygen atoms in total. The van der Waals surface area contributed by atoms with Crippen molar-refractivity contribution in [1.82, 2.24) is 35.4 Å². The predicted molar refractivity (Wildman–Crippen MR) is 97.2 cm³/mol. The third-order valence-corrected chi connectivity index (χ3v) is 4.99. The van der Waals surface area contributed by atoms with Gasteiger partial charge in [0.25, 0.3) is 0 Å². The van der Waals surface area contributed by atoms with Gasteiger partial charge < -0.3 is 10.6 Å². The number of aromatic nitrogens is 5. The van der Waals surface area contributed by atoms with Crippen molar-refractivity contribution in [2.24, 2.45) is 0 Å². The summed E-state index contributed by atoms with van der Waals surface area (Å²) in [6, 6.07) is 3.84. The Balaban J connectivity index is 1.26. The molecular formula is C17H19N7OS. The van der Waals surface area contributed by atoms with E-state index in [1.54, 1.807) is 18.5 Å². The van der Waals surface area contributed by atoms with Gasteiger partial charge in [-0.25, -0.2) is 15.0 Å². The molecule has 0 aliphatic carbocycles. The Bertz CT molecular complexity index is 866. The van der Waals surface area contributed by atoms with Crippen molar-refractivity contribution in [2.75, 3.05) is 6.54 Å². The number of aryl methyl sites for hydroxylation is 1. The van der Waals surface area contributed by atoms with Gasteiger partial charge >= 0.3 is 0 Å². The molecule has 0 fully saturated rings. The molecule has 3 aromatic rings. The zero-order valence-corrected chi connectivity index (χ0v) is 15.0. The third-order valence-electron chi connectivity index (χ3n) is 4.10. The van der Waals surface area contributed by atoms with E-state index in [4.69, 9.17) is 0 Å². The molecule has 0 saturated carbocycles. The second kappa shape index (κ2) is 7.71. The average molecular weight is 369 g/mol. The van der Waals surface area contributed by atoms with Gasteiger partial charge in [0.1, 0.15) is 0 Å². The van der Waals surface area contributed by atoms with E-state index in [0.29, 0.717) is 25.2 Å². The van der Waals surface area contributed by atoms with Crippen molar-refractivity contribution in [3.05, 3.63) is 47.0 Å². The van der Waals surface area contributed by atoms with Crippen LogP contribution < -0.4 is 10.6 Å². The van der Waals surface area contributed by atoms with E-state index in [0.717, 1.165) is 36.0 Å². The SMILES string of the molecule is O=C(CCc1cc2n(n1)CCNC2)NCc1csc(-c2ncccn2)n1. The summed E-state index contributed by atoms with van der Waals surface area (Å²) < 4.78 is 2.02. The minimum atomic E-state index is -0.000363. The van der Waals surface area contributed by atoms with E-state index in [2.05, 4.69) is 36.8 Å². The third kappa shape index (κ3) is 3.94. The maximum absolute atomic E-state index is 12.1. The van der Waals surface area contributed by atoms with E-state index in [1.165, 1.54) is 17.0 Å². The minimum absolute atomic E-state index is 0.000363. The number of fused-ring (bicyclic) bond motifs is 1. The second-order valence-electron chi connectivity index (χ2n) is 6.02. The highest BCUT2D eigenvalue weighted by molar-refractivity contribution is 7.13. The van der Waals surface area contributed by atoms with Crippen molar-refractivity contribution in [1.29, 1.82) is 0 Å². The standard InChI is InChI=1S/C17H19N7OS/c25-15(3-2-12-8-14-10-18-6-7-24(14)23-12)21-9-13-11-26-17(22-13)16-19-4-1-5-20-16/h1,4-5,8,11,18H,2-3,6-7,9-10H2,(H,21,25). The van der Waals surface area contributed by atoms with Crippen LogP contribution in [0.25, 0.3) is 10.8 Å². The second-order valence-corrected chi connectivity index (χ2v) is 6.88. The fraction of sp³-hybridized carbons (Fsp3) is 0.353. The Morgan fingerprint density at radius 2 is 2.19 bits per heavy atom. The molecule has 1 aliphatic heterocycles. The van der Waals surface area contributed by atoms with Crippen molar-refractivity contribution < 1.29 is 4.79 Å². The smallest absolute Gasteiger partial charge is 0.220 e. The Morgan fingerprint density at radius 1 is 1.31 bits per heavy atom. The van der Waals surface area contributed by atoms with Crippen molar-refractivity contribution in [2.45, 2.75) is 32.5 Å². The molecule has 4 heterocycles. The highest BCUT2D eigenvalue weighted by Crippen LogP contribution is 2.19. The van der Waals surface area contributed by atoms with Crippen LogP contribution in [0.3, 0.4) is 0 Å². The molecule has 0 radical (unpaired) electrons. The fourth-order valence-corrected chi connectivity index (χ4v) is 3.56. The first kappa shape index (κ1) is 16.8. The van der Waals surface area contributed by atoms with E-state index < -0.39 is 0 Å². The van der Waals surface area contributed by atoms with Crippen LogP contribution in [0.2, 0.25) is 0 Å². The summed E-state index contributed by atoms with van der Waals surface area (Å²) in [4.78, 5) is 24.9. The quantitative estimate of drug-likeness (QED) is 0.676. The largest absolute Gasteiger partial charge is 0.350 e. The number of hydrogen-bond donors (Lipinski definition) is 2. The summed E-state index contributed by atoms with van der Waals surface area (Å²) in [5, 5.41) is 13.5. The zero-order chi connectivity index (χ0) is 17.8. The lowest BCUT2D eigenvalue weighted by Crippen LogP contribution is -2.28. The Hall–Kier alpha value is -2.65. The molecule has 9 heteroatoms. The van der Waals surface area contributed by atoms with E-state index in [-0.39, 0.29) is 5.91 Å². The average Bonchev–Trinajstić information content (AvgIpc) is 3.32. The lowest BCUT2D eigenvalue weighted by atomic mass is 10.2. The van der Waals surface area contributed by atoms with Crippen LogP contribution in [0.5, 0.6) is 0 Å². The van der Waals surface area contributed by atoms with Crippen molar-refractivity contribution in [3.63, 3.8) is 0 Å². The summed E-state index contributed by atoms with van der Waals surface area (Å²) in [6.45, 7) is 3.08. The molecule has 26 heavy (non-hydrogen) atoms. The van der Waals surface area contributed by atoms with Gasteiger partial charge in [-0.1, -0.05) is 0 Å². The molecule has 4 rings (SSSR count). The summed E-state index contributed by atoms with van der Waals surface area (Å²) in [7, 11) is 0.